The summed E-state index contributed by atoms with van der Waals surface area (Å²) >= 11 is 11.6. The van der Waals surface area contributed by atoms with Crippen molar-refractivity contribution in [3.63, 3.8) is 0 Å². The highest BCUT2D eigenvalue weighted by Gasteiger charge is 2.15. The first-order chi connectivity index (χ1) is 9.69. The zero-order chi connectivity index (χ0) is 16.0. The smallest absolute Gasteiger partial charge is 0.407 e. The quantitative estimate of drug-likeness (QED) is 0.674. The van der Waals surface area contributed by atoms with E-state index in [1.165, 1.54) is 18.2 Å². The molecule has 0 atom stereocenters. The monoisotopic (exact) mass is 333 g/mol. The second-order valence-electron chi connectivity index (χ2n) is 5.19. The molecule has 7 heteroatoms. The summed E-state index contributed by atoms with van der Waals surface area (Å²) < 4.78 is 10.0. The fourth-order valence-corrected chi connectivity index (χ4v) is 1.62. The Morgan fingerprint density at radius 2 is 1.86 bits per heavy atom. The standard InChI is InChI=1S/C14H17Cl2NO4/c1-14(2,3)21-13(19)17-6-7-20-12(18)9-4-5-10(15)11(16)8-9/h4-5,8H,6-7H2,1-3H3,(H,17,19). The molecule has 0 aromatic heterocycles. The van der Waals surface area contributed by atoms with Crippen molar-refractivity contribution in [2.45, 2.75) is 26.4 Å². The molecule has 0 bridgehead atoms. The van der Waals surface area contributed by atoms with Crippen LogP contribution < -0.4 is 5.32 Å². The Bertz CT molecular complexity index is 526. The molecule has 5 nitrogen and oxygen atoms in total. The number of ether oxygens (including phenoxy) is 2. The van der Waals surface area contributed by atoms with Gasteiger partial charge in [-0.1, -0.05) is 23.2 Å². The van der Waals surface area contributed by atoms with E-state index in [0.717, 1.165) is 0 Å². The molecule has 1 aromatic rings. The van der Waals surface area contributed by atoms with Crippen molar-refractivity contribution in [1.29, 1.82) is 0 Å². The second kappa shape index (κ2) is 7.52. The van der Waals surface area contributed by atoms with Crippen LogP contribution in [-0.4, -0.2) is 30.8 Å². The van der Waals surface area contributed by atoms with Crippen LogP contribution in [-0.2, 0) is 9.47 Å². The Labute approximate surface area is 133 Å². The summed E-state index contributed by atoms with van der Waals surface area (Å²) in [5.41, 5.74) is -0.275. The molecule has 0 fully saturated rings. The van der Waals surface area contributed by atoms with Crippen LogP contribution in [0.5, 0.6) is 0 Å². The molecule has 0 saturated heterocycles. The average molecular weight is 334 g/mol. The number of hydrogen-bond acceptors (Lipinski definition) is 4. The van der Waals surface area contributed by atoms with Crippen LogP contribution in [0.1, 0.15) is 31.1 Å². The lowest BCUT2D eigenvalue weighted by Gasteiger charge is -2.19. The Morgan fingerprint density at radius 1 is 1.19 bits per heavy atom. The zero-order valence-electron chi connectivity index (χ0n) is 12.0. The lowest BCUT2D eigenvalue weighted by molar-refractivity contribution is 0.0434. The van der Waals surface area contributed by atoms with E-state index in [2.05, 4.69) is 5.32 Å². The van der Waals surface area contributed by atoms with E-state index in [4.69, 9.17) is 32.7 Å². The number of rotatable bonds is 4. The number of hydrogen-bond donors (Lipinski definition) is 1. The predicted molar refractivity (Wildman–Crippen MR) is 81.0 cm³/mol. The molecule has 21 heavy (non-hydrogen) atoms. The number of carbonyl (C=O) groups is 2. The van der Waals surface area contributed by atoms with E-state index >= 15 is 0 Å². The topological polar surface area (TPSA) is 64.6 Å². The molecule has 0 heterocycles. The van der Waals surface area contributed by atoms with Gasteiger partial charge >= 0.3 is 12.1 Å². The number of benzene rings is 1. The van der Waals surface area contributed by atoms with Gasteiger partial charge in [0, 0.05) is 0 Å². The van der Waals surface area contributed by atoms with Crippen molar-refractivity contribution in [1.82, 2.24) is 5.32 Å². The number of halogens is 2. The van der Waals surface area contributed by atoms with Crippen LogP contribution in [0.2, 0.25) is 10.0 Å². The molecular weight excluding hydrogens is 317 g/mol. The van der Waals surface area contributed by atoms with Crippen LogP contribution in [0.25, 0.3) is 0 Å². The summed E-state index contributed by atoms with van der Waals surface area (Å²) in [6, 6.07) is 4.45. The molecule has 1 amide bonds. The van der Waals surface area contributed by atoms with Crippen molar-refractivity contribution >= 4 is 35.3 Å². The highest BCUT2D eigenvalue weighted by Crippen LogP contribution is 2.22. The number of nitrogens with one attached hydrogen (secondary N) is 1. The van der Waals surface area contributed by atoms with E-state index in [-0.39, 0.29) is 18.2 Å². The van der Waals surface area contributed by atoms with Gasteiger partial charge in [0.2, 0.25) is 0 Å². The molecule has 0 spiro atoms. The lowest BCUT2D eigenvalue weighted by atomic mass is 10.2. The normalized spacial score (nSPS) is 10.9. The van der Waals surface area contributed by atoms with Crippen LogP contribution in [0.3, 0.4) is 0 Å². The largest absolute Gasteiger partial charge is 0.460 e. The van der Waals surface area contributed by atoms with Gasteiger partial charge < -0.3 is 14.8 Å². The number of alkyl carbamates (subject to hydrolysis) is 1. The lowest BCUT2D eigenvalue weighted by Crippen LogP contribution is -2.34. The molecule has 0 aliphatic heterocycles. The predicted octanol–water partition coefficient (Wildman–Crippen LogP) is 3.67. The van der Waals surface area contributed by atoms with Crippen molar-refractivity contribution in [3.05, 3.63) is 33.8 Å². The number of amides is 1. The van der Waals surface area contributed by atoms with Gasteiger partial charge in [-0.15, -0.1) is 0 Å². The molecule has 1 rings (SSSR count). The average Bonchev–Trinajstić information content (AvgIpc) is 2.35. The molecule has 0 unspecified atom stereocenters. The van der Waals surface area contributed by atoms with Gasteiger partial charge in [-0.3, -0.25) is 0 Å². The summed E-state index contributed by atoms with van der Waals surface area (Å²) in [4.78, 5) is 23.1. The van der Waals surface area contributed by atoms with E-state index in [0.29, 0.717) is 10.6 Å². The maximum atomic E-state index is 11.7. The van der Waals surface area contributed by atoms with Crippen molar-refractivity contribution < 1.29 is 19.1 Å². The zero-order valence-corrected chi connectivity index (χ0v) is 13.5. The molecule has 0 saturated carbocycles. The van der Waals surface area contributed by atoms with Gasteiger partial charge in [0.1, 0.15) is 12.2 Å². The van der Waals surface area contributed by atoms with Crippen molar-refractivity contribution in [2.24, 2.45) is 0 Å². The number of carbonyl (C=O) groups excluding carboxylic acids is 2. The third-order valence-electron chi connectivity index (χ3n) is 2.16. The van der Waals surface area contributed by atoms with Gasteiger partial charge in [0.05, 0.1) is 22.2 Å². The Kier molecular flexibility index (Phi) is 6.30. The SMILES string of the molecule is CC(C)(C)OC(=O)NCCOC(=O)c1ccc(Cl)c(Cl)c1. The summed E-state index contributed by atoms with van der Waals surface area (Å²) in [6.07, 6.45) is -0.562. The van der Waals surface area contributed by atoms with Crippen LogP contribution in [0, 0.1) is 0 Å². The first kappa shape index (κ1) is 17.6. The fourth-order valence-electron chi connectivity index (χ4n) is 1.32. The Hall–Kier alpha value is -1.46. The van der Waals surface area contributed by atoms with Crippen LogP contribution >= 0.6 is 23.2 Å². The minimum Gasteiger partial charge on any atom is -0.460 e. The minimum absolute atomic E-state index is 0.0261. The van der Waals surface area contributed by atoms with E-state index in [9.17, 15) is 9.59 Å². The van der Waals surface area contributed by atoms with Crippen LogP contribution in [0.4, 0.5) is 4.79 Å². The molecule has 0 aliphatic carbocycles. The van der Waals surface area contributed by atoms with E-state index in [1.54, 1.807) is 20.8 Å². The fraction of sp³-hybridized carbons (Fsp3) is 0.429. The third-order valence-corrected chi connectivity index (χ3v) is 2.90. The Balaban J connectivity index is 2.34. The summed E-state index contributed by atoms with van der Waals surface area (Å²) in [6.45, 7) is 5.46. The van der Waals surface area contributed by atoms with Gasteiger partial charge in [-0.2, -0.15) is 0 Å². The number of esters is 1. The minimum atomic E-state index is -0.569. The second-order valence-corrected chi connectivity index (χ2v) is 6.01. The maximum absolute atomic E-state index is 11.7. The molecule has 1 N–H and O–H groups in total. The third kappa shape index (κ3) is 6.69. The van der Waals surface area contributed by atoms with Gasteiger partial charge in [-0.25, -0.2) is 9.59 Å². The van der Waals surface area contributed by atoms with Gasteiger partial charge in [0.25, 0.3) is 0 Å². The molecule has 116 valence electrons. The van der Waals surface area contributed by atoms with Crippen molar-refractivity contribution in [3.8, 4) is 0 Å². The molecule has 0 radical (unpaired) electrons. The summed E-state index contributed by atoms with van der Waals surface area (Å²) in [5, 5.41) is 3.12. The van der Waals surface area contributed by atoms with E-state index < -0.39 is 17.7 Å². The Morgan fingerprint density at radius 3 is 2.43 bits per heavy atom. The highest BCUT2D eigenvalue weighted by atomic mass is 35.5. The molecular formula is C14H17Cl2NO4. The molecule has 0 aliphatic rings. The van der Waals surface area contributed by atoms with Crippen LogP contribution in [0.15, 0.2) is 18.2 Å². The van der Waals surface area contributed by atoms with Crippen molar-refractivity contribution in [2.75, 3.05) is 13.2 Å². The maximum Gasteiger partial charge on any atom is 0.407 e. The first-order valence-corrected chi connectivity index (χ1v) is 7.03. The summed E-state index contributed by atoms with van der Waals surface area (Å²) in [5.74, 6) is -0.542. The first-order valence-electron chi connectivity index (χ1n) is 6.28. The van der Waals surface area contributed by atoms with Gasteiger partial charge in [-0.05, 0) is 39.0 Å². The highest BCUT2D eigenvalue weighted by molar-refractivity contribution is 6.42. The molecule has 1 aromatic carbocycles. The van der Waals surface area contributed by atoms with E-state index in [1.807, 2.05) is 0 Å². The summed E-state index contributed by atoms with van der Waals surface area (Å²) in [7, 11) is 0. The van der Waals surface area contributed by atoms with Gasteiger partial charge in [0.15, 0.2) is 0 Å².